The van der Waals surface area contributed by atoms with Crippen molar-refractivity contribution < 1.29 is 4.79 Å². The maximum Gasteiger partial charge on any atom is 0.263 e. The summed E-state index contributed by atoms with van der Waals surface area (Å²) in [7, 11) is 3.98. The van der Waals surface area contributed by atoms with Crippen LogP contribution in [0.1, 0.15) is 40.7 Å². The molecule has 2 aromatic rings. The lowest BCUT2D eigenvalue weighted by atomic mass is 10.1. The Morgan fingerprint density at radius 2 is 1.96 bits per heavy atom. The van der Waals surface area contributed by atoms with Crippen molar-refractivity contribution in [1.82, 2.24) is 15.2 Å². The van der Waals surface area contributed by atoms with E-state index in [9.17, 15) is 4.79 Å². The number of hydrogen-bond donors (Lipinski definition) is 1. The maximum atomic E-state index is 12.3. The van der Waals surface area contributed by atoms with Crippen LogP contribution in [0, 0.1) is 6.92 Å². The Labute approximate surface area is 148 Å². The maximum absolute atomic E-state index is 12.3. The molecule has 0 bridgehead atoms. The zero-order chi connectivity index (χ0) is 17.5. The molecule has 0 aliphatic carbocycles. The van der Waals surface area contributed by atoms with Crippen LogP contribution in [0.3, 0.4) is 0 Å². The second-order valence-electron chi connectivity index (χ2n) is 6.29. The van der Waals surface area contributed by atoms with E-state index in [0.29, 0.717) is 11.4 Å². The summed E-state index contributed by atoms with van der Waals surface area (Å²) < 4.78 is 0. The summed E-state index contributed by atoms with van der Waals surface area (Å²) in [6.45, 7) is 5.58. The lowest BCUT2D eigenvalue weighted by Crippen LogP contribution is -2.31. The lowest BCUT2D eigenvalue weighted by molar-refractivity contribution is 0.0954. The van der Waals surface area contributed by atoms with E-state index in [1.54, 1.807) is 0 Å². The highest BCUT2D eigenvalue weighted by Crippen LogP contribution is 2.28. The van der Waals surface area contributed by atoms with Crippen LogP contribution in [0.4, 0.5) is 0 Å². The van der Waals surface area contributed by atoms with E-state index in [-0.39, 0.29) is 5.91 Å². The fourth-order valence-electron chi connectivity index (χ4n) is 2.40. The number of aryl methyl sites for hydroxylation is 2. The minimum atomic E-state index is -0.0299. The van der Waals surface area contributed by atoms with Gasteiger partial charge in [-0.15, -0.1) is 11.3 Å². The number of likely N-dealkylation sites (N-methyl/N-ethyl adjacent to an activating group) is 1. The molecule has 1 heterocycles. The monoisotopic (exact) mass is 345 g/mol. The Hall–Kier alpha value is -1.72. The molecule has 0 aliphatic heterocycles. The first-order valence-corrected chi connectivity index (χ1v) is 9.32. The fraction of sp³-hybridized carbons (Fsp3) is 0.474. The number of hydrogen-bond acceptors (Lipinski definition) is 4. The molecule has 0 saturated heterocycles. The van der Waals surface area contributed by atoms with E-state index in [1.165, 1.54) is 29.7 Å². The van der Waals surface area contributed by atoms with Gasteiger partial charge in [0.05, 0.1) is 5.69 Å². The van der Waals surface area contributed by atoms with Crippen LogP contribution in [-0.2, 0) is 6.42 Å². The summed E-state index contributed by atoms with van der Waals surface area (Å²) in [5.41, 5.74) is 3.23. The SMILES string of the molecule is CCCCc1ccc(-c2nc(C)c(C(=O)NCCN(C)C)s2)cc1. The topological polar surface area (TPSA) is 45.2 Å². The Balaban J connectivity index is 2.06. The smallest absolute Gasteiger partial charge is 0.263 e. The van der Waals surface area contributed by atoms with Gasteiger partial charge >= 0.3 is 0 Å². The van der Waals surface area contributed by atoms with Gasteiger partial charge in [-0.1, -0.05) is 37.6 Å². The molecule has 24 heavy (non-hydrogen) atoms. The van der Waals surface area contributed by atoms with Crippen LogP contribution in [0.5, 0.6) is 0 Å². The zero-order valence-electron chi connectivity index (χ0n) is 15.1. The van der Waals surface area contributed by atoms with Crippen LogP contribution >= 0.6 is 11.3 Å². The normalized spacial score (nSPS) is 11.0. The molecule has 130 valence electrons. The minimum Gasteiger partial charge on any atom is -0.350 e. The quantitative estimate of drug-likeness (QED) is 0.792. The van der Waals surface area contributed by atoms with Gasteiger partial charge in [-0.3, -0.25) is 4.79 Å². The lowest BCUT2D eigenvalue weighted by Gasteiger charge is -2.09. The van der Waals surface area contributed by atoms with E-state index in [4.69, 9.17) is 0 Å². The van der Waals surface area contributed by atoms with Crippen molar-refractivity contribution in [1.29, 1.82) is 0 Å². The summed E-state index contributed by atoms with van der Waals surface area (Å²) in [5, 5.41) is 3.87. The number of aromatic nitrogens is 1. The van der Waals surface area contributed by atoms with E-state index in [0.717, 1.165) is 29.2 Å². The molecule has 2 rings (SSSR count). The molecule has 1 aromatic heterocycles. The number of nitrogens with one attached hydrogen (secondary N) is 1. The highest BCUT2D eigenvalue weighted by atomic mass is 32.1. The zero-order valence-corrected chi connectivity index (χ0v) is 15.9. The van der Waals surface area contributed by atoms with Gasteiger partial charge in [0.1, 0.15) is 9.88 Å². The number of rotatable bonds is 8. The minimum absolute atomic E-state index is 0.0299. The third kappa shape index (κ3) is 5.14. The Kier molecular flexibility index (Phi) is 6.94. The van der Waals surface area contributed by atoms with Crippen molar-refractivity contribution >= 4 is 17.2 Å². The second kappa shape index (κ2) is 8.94. The highest BCUT2D eigenvalue weighted by molar-refractivity contribution is 7.17. The van der Waals surface area contributed by atoms with Crippen LogP contribution in [0.15, 0.2) is 24.3 Å². The molecule has 0 fully saturated rings. The summed E-state index contributed by atoms with van der Waals surface area (Å²) in [6, 6.07) is 8.55. The molecule has 1 amide bonds. The number of thiazole rings is 1. The molecule has 5 heteroatoms. The average molecular weight is 346 g/mol. The van der Waals surface area contributed by atoms with Gasteiger partial charge in [0.15, 0.2) is 0 Å². The van der Waals surface area contributed by atoms with Gasteiger partial charge in [0.2, 0.25) is 0 Å². The number of carbonyl (C=O) groups excluding carboxylic acids is 1. The number of benzene rings is 1. The Bertz CT molecular complexity index is 662. The van der Waals surface area contributed by atoms with E-state index >= 15 is 0 Å². The standard InChI is InChI=1S/C19H27N3OS/c1-5-6-7-15-8-10-16(11-9-15)19-21-14(2)17(24-19)18(23)20-12-13-22(3)4/h8-11H,5-7,12-13H2,1-4H3,(H,20,23). The Morgan fingerprint density at radius 1 is 1.25 bits per heavy atom. The second-order valence-corrected chi connectivity index (χ2v) is 7.29. The summed E-state index contributed by atoms with van der Waals surface area (Å²) in [4.78, 5) is 19.6. The van der Waals surface area contributed by atoms with Crippen molar-refractivity contribution in [3.63, 3.8) is 0 Å². The van der Waals surface area contributed by atoms with Crippen molar-refractivity contribution in [3.8, 4) is 10.6 Å². The summed E-state index contributed by atoms with van der Waals surface area (Å²) in [5.74, 6) is -0.0299. The van der Waals surface area contributed by atoms with Crippen molar-refractivity contribution in [3.05, 3.63) is 40.4 Å². The van der Waals surface area contributed by atoms with Crippen LogP contribution in [0.2, 0.25) is 0 Å². The van der Waals surface area contributed by atoms with Crippen LogP contribution < -0.4 is 5.32 Å². The molecule has 0 unspecified atom stereocenters. The predicted molar refractivity (Wildman–Crippen MR) is 102 cm³/mol. The number of nitrogens with zero attached hydrogens (tertiary/aromatic N) is 2. The summed E-state index contributed by atoms with van der Waals surface area (Å²) in [6.07, 6.45) is 3.54. The molecule has 0 saturated carbocycles. The largest absolute Gasteiger partial charge is 0.350 e. The van der Waals surface area contributed by atoms with Gasteiger partial charge in [0.25, 0.3) is 5.91 Å². The fourth-order valence-corrected chi connectivity index (χ4v) is 3.39. The van der Waals surface area contributed by atoms with Crippen LogP contribution in [-0.4, -0.2) is 43.0 Å². The third-order valence-electron chi connectivity index (χ3n) is 3.87. The third-order valence-corrected chi connectivity index (χ3v) is 5.07. The van der Waals surface area contributed by atoms with Gasteiger partial charge < -0.3 is 10.2 Å². The molecule has 0 atom stereocenters. The van der Waals surface area contributed by atoms with E-state index in [2.05, 4.69) is 41.5 Å². The van der Waals surface area contributed by atoms with Gasteiger partial charge in [-0.05, 0) is 39.4 Å². The van der Waals surface area contributed by atoms with Crippen molar-refractivity contribution in [2.45, 2.75) is 33.1 Å². The van der Waals surface area contributed by atoms with E-state index < -0.39 is 0 Å². The van der Waals surface area contributed by atoms with Crippen molar-refractivity contribution in [2.75, 3.05) is 27.2 Å². The van der Waals surface area contributed by atoms with Gasteiger partial charge in [-0.25, -0.2) is 4.98 Å². The number of amides is 1. The molecule has 0 radical (unpaired) electrons. The van der Waals surface area contributed by atoms with Crippen molar-refractivity contribution in [2.24, 2.45) is 0 Å². The molecule has 1 N–H and O–H groups in total. The molecular formula is C19H27N3OS. The molecule has 1 aromatic carbocycles. The first-order valence-electron chi connectivity index (χ1n) is 8.51. The summed E-state index contributed by atoms with van der Waals surface area (Å²) >= 11 is 1.47. The highest BCUT2D eigenvalue weighted by Gasteiger charge is 2.15. The first-order chi connectivity index (χ1) is 11.5. The number of carbonyl (C=O) groups is 1. The van der Waals surface area contributed by atoms with Gasteiger partial charge in [-0.2, -0.15) is 0 Å². The van der Waals surface area contributed by atoms with Gasteiger partial charge in [0, 0.05) is 18.7 Å². The Morgan fingerprint density at radius 3 is 2.58 bits per heavy atom. The molecule has 0 aliphatic rings. The first kappa shape index (κ1) is 18.6. The predicted octanol–water partition coefficient (Wildman–Crippen LogP) is 3.75. The van der Waals surface area contributed by atoms with E-state index in [1.807, 2.05) is 25.9 Å². The number of unbranched alkanes of at least 4 members (excludes halogenated alkanes) is 1. The van der Waals surface area contributed by atoms with Crippen LogP contribution in [0.25, 0.3) is 10.6 Å². The molecule has 0 spiro atoms. The molecular weight excluding hydrogens is 318 g/mol. The molecule has 4 nitrogen and oxygen atoms in total. The average Bonchev–Trinajstić information content (AvgIpc) is 2.95.